The lowest BCUT2D eigenvalue weighted by molar-refractivity contribution is -0.133. The van der Waals surface area contributed by atoms with Gasteiger partial charge >= 0.3 is 0 Å². The maximum Gasteiger partial charge on any atom is 0.239 e. The molecule has 3 atom stereocenters. The molecule has 2 aliphatic heterocycles. The quantitative estimate of drug-likeness (QED) is 0.821. The van der Waals surface area contributed by atoms with Gasteiger partial charge in [0.25, 0.3) is 0 Å². The molecule has 0 bridgehead atoms. The third kappa shape index (κ3) is 3.11. The zero-order chi connectivity index (χ0) is 14.8. The highest BCUT2D eigenvalue weighted by Crippen LogP contribution is 2.31. The molecule has 0 radical (unpaired) electrons. The Hall–Kier alpha value is -1.79. The minimum atomic E-state index is -0.437. The fraction of sp³-hybridized carbons (Fsp3) is 0.533. The molecular weight excluding hydrogens is 272 g/mol. The highest BCUT2D eigenvalue weighted by Gasteiger charge is 2.32. The maximum atomic E-state index is 12.3. The summed E-state index contributed by atoms with van der Waals surface area (Å²) in [7, 11) is 1.75. The number of nitrogens with zero attached hydrogens (tertiary/aromatic N) is 1. The molecule has 0 aromatic heterocycles. The van der Waals surface area contributed by atoms with E-state index in [1.807, 2.05) is 24.3 Å². The van der Waals surface area contributed by atoms with Crippen LogP contribution in [0.15, 0.2) is 24.3 Å². The van der Waals surface area contributed by atoms with Gasteiger partial charge in [-0.2, -0.15) is 0 Å². The second-order valence-corrected chi connectivity index (χ2v) is 5.57. The Morgan fingerprint density at radius 1 is 1.43 bits per heavy atom. The molecule has 2 aliphatic rings. The number of carbonyl (C=O) groups excluding carboxylic acids is 1. The number of benzene rings is 1. The molecule has 0 aliphatic carbocycles. The molecule has 1 fully saturated rings. The predicted molar refractivity (Wildman–Crippen MR) is 76.4 cm³/mol. The van der Waals surface area contributed by atoms with Crippen LogP contribution in [0.4, 0.5) is 0 Å². The molecule has 0 unspecified atom stereocenters. The van der Waals surface area contributed by atoms with E-state index >= 15 is 0 Å². The topological polar surface area (TPSA) is 71.0 Å². The Labute approximate surface area is 123 Å². The summed E-state index contributed by atoms with van der Waals surface area (Å²) in [6.07, 6.45) is -0.151. The van der Waals surface area contributed by atoms with Gasteiger partial charge in [-0.05, 0) is 18.6 Å². The van der Waals surface area contributed by atoms with Crippen molar-refractivity contribution in [2.45, 2.75) is 24.7 Å². The summed E-state index contributed by atoms with van der Waals surface area (Å²) in [5, 5.41) is 12.5. The summed E-state index contributed by atoms with van der Waals surface area (Å²) in [6, 6.07) is 7.21. The summed E-state index contributed by atoms with van der Waals surface area (Å²) >= 11 is 0. The number of carbonyl (C=O) groups is 1. The van der Waals surface area contributed by atoms with Crippen LogP contribution in [0.25, 0.3) is 0 Å². The summed E-state index contributed by atoms with van der Waals surface area (Å²) in [5.74, 6) is 1.43. The first-order valence-electron chi connectivity index (χ1n) is 7.18. The second kappa shape index (κ2) is 5.91. The molecule has 0 saturated carbocycles. The van der Waals surface area contributed by atoms with Crippen molar-refractivity contribution in [2.75, 3.05) is 26.7 Å². The Kier molecular flexibility index (Phi) is 3.98. The minimum absolute atomic E-state index is 0.0194. The van der Waals surface area contributed by atoms with Crippen molar-refractivity contribution in [1.82, 2.24) is 10.2 Å². The highest BCUT2D eigenvalue weighted by molar-refractivity contribution is 5.82. The van der Waals surface area contributed by atoms with E-state index in [1.165, 1.54) is 0 Å². The van der Waals surface area contributed by atoms with E-state index in [9.17, 15) is 9.90 Å². The number of likely N-dealkylation sites (N-methyl/N-ethyl adjacent to an activating group) is 1. The lowest BCUT2D eigenvalue weighted by Crippen LogP contribution is -2.47. The fourth-order valence-electron chi connectivity index (χ4n) is 2.72. The number of nitrogens with one attached hydrogen (secondary N) is 1. The fourth-order valence-corrected chi connectivity index (χ4v) is 2.72. The zero-order valence-electron chi connectivity index (χ0n) is 12.0. The number of hydrogen-bond donors (Lipinski definition) is 2. The Bertz CT molecular complexity index is 522. The van der Waals surface area contributed by atoms with Crippen molar-refractivity contribution in [3.63, 3.8) is 0 Å². The van der Waals surface area contributed by atoms with Crippen LogP contribution < -0.4 is 14.8 Å². The number of aliphatic hydroxyl groups excluding tert-OH is 1. The number of β-amino-alcohol motifs (C(OH)–C–C–N with tert-alkyl or cyclic N) is 1. The summed E-state index contributed by atoms with van der Waals surface area (Å²) in [4.78, 5) is 13.9. The third-order valence-electron chi connectivity index (χ3n) is 3.83. The molecule has 1 amide bonds. The van der Waals surface area contributed by atoms with Crippen molar-refractivity contribution in [3.8, 4) is 11.5 Å². The van der Waals surface area contributed by atoms with Crippen LogP contribution in [0.5, 0.6) is 11.5 Å². The number of fused-ring (bicyclic) bond motifs is 1. The van der Waals surface area contributed by atoms with Crippen molar-refractivity contribution in [1.29, 1.82) is 0 Å². The molecule has 1 aromatic rings. The van der Waals surface area contributed by atoms with E-state index in [-0.39, 0.29) is 18.1 Å². The SMILES string of the molecule is CN(C[C@@H]1COc2ccccc2O1)C(=O)[C@@H]1C[C@@H](O)CN1. The molecule has 21 heavy (non-hydrogen) atoms. The second-order valence-electron chi connectivity index (χ2n) is 5.57. The van der Waals surface area contributed by atoms with Gasteiger partial charge in [-0.25, -0.2) is 0 Å². The standard InChI is InChI=1S/C15H20N2O4/c1-17(15(19)12-6-10(18)7-16-12)8-11-9-20-13-4-2-3-5-14(13)21-11/h2-5,10-12,16,18H,6-9H2,1H3/t10-,11-,12+/m1/s1. The lowest BCUT2D eigenvalue weighted by Gasteiger charge is -2.30. The van der Waals surface area contributed by atoms with Crippen molar-refractivity contribution in [2.24, 2.45) is 0 Å². The summed E-state index contributed by atoms with van der Waals surface area (Å²) in [6.45, 7) is 1.36. The van der Waals surface area contributed by atoms with Gasteiger partial charge in [-0.15, -0.1) is 0 Å². The Morgan fingerprint density at radius 2 is 2.19 bits per heavy atom. The third-order valence-corrected chi connectivity index (χ3v) is 3.83. The molecule has 0 spiro atoms. The molecule has 1 saturated heterocycles. The van der Waals surface area contributed by atoms with Crippen molar-refractivity contribution < 1.29 is 19.4 Å². The van der Waals surface area contributed by atoms with Crippen LogP contribution in [0.2, 0.25) is 0 Å². The molecule has 2 heterocycles. The Balaban J connectivity index is 1.56. The van der Waals surface area contributed by atoms with Gasteiger partial charge in [0.2, 0.25) is 5.91 Å². The molecular formula is C15H20N2O4. The van der Waals surface area contributed by atoms with Gasteiger partial charge in [-0.1, -0.05) is 12.1 Å². The van der Waals surface area contributed by atoms with Crippen molar-refractivity contribution >= 4 is 5.91 Å². The number of para-hydroxylation sites is 2. The van der Waals surface area contributed by atoms with E-state index in [0.29, 0.717) is 31.9 Å². The van der Waals surface area contributed by atoms with Gasteiger partial charge in [0, 0.05) is 13.6 Å². The zero-order valence-corrected chi connectivity index (χ0v) is 12.0. The monoisotopic (exact) mass is 292 g/mol. The van der Waals surface area contributed by atoms with Crippen LogP contribution in [0.1, 0.15) is 6.42 Å². The van der Waals surface area contributed by atoms with Crippen LogP contribution in [-0.4, -0.2) is 60.9 Å². The highest BCUT2D eigenvalue weighted by atomic mass is 16.6. The first-order chi connectivity index (χ1) is 10.1. The number of ether oxygens (including phenoxy) is 2. The maximum absolute atomic E-state index is 12.3. The Morgan fingerprint density at radius 3 is 2.90 bits per heavy atom. The van der Waals surface area contributed by atoms with Crippen LogP contribution >= 0.6 is 0 Å². The van der Waals surface area contributed by atoms with E-state index in [1.54, 1.807) is 11.9 Å². The van der Waals surface area contributed by atoms with Gasteiger partial charge in [0.1, 0.15) is 6.61 Å². The van der Waals surface area contributed by atoms with Crippen LogP contribution in [0, 0.1) is 0 Å². The van der Waals surface area contributed by atoms with Gasteiger partial charge < -0.3 is 24.8 Å². The van der Waals surface area contributed by atoms with Gasteiger partial charge in [-0.3, -0.25) is 4.79 Å². The minimum Gasteiger partial charge on any atom is -0.486 e. The number of hydrogen-bond acceptors (Lipinski definition) is 5. The van der Waals surface area contributed by atoms with E-state index < -0.39 is 6.10 Å². The lowest BCUT2D eigenvalue weighted by atomic mass is 10.1. The molecule has 114 valence electrons. The molecule has 3 rings (SSSR count). The molecule has 6 nitrogen and oxygen atoms in total. The average molecular weight is 292 g/mol. The number of rotatable bonds is 3. The van der Waals surface area contributed by atoms with Crippen LogP contribution in [0.3, 0.4) is 0 Å². The van der Waals surface area contributed by atoms with Crippen LogP contribution in [-0.2, 0) is 4.79 Å². The first-order valence-corrected chi connectivity index (χ1v) is 7.18. The first kappa shape index (κ1) is 14.2. The predicted octanol–water partition coefficient (Wildman–Crippen LogP) is 0.00760. The summed E-state index contributed by atoms with van der Waals surface area (Å²) < 4.78 is 11.5. The number of aliphatic hydroxyl groups is 1. The van der Waals surface area contributed by atoms with E-state index in [2.05, 4.69) is 5.32 Å². The van der Waals surface area contributed by atoms with Gasteiger partial charge in [0.15, 0.2) is 17.6 Å². The summed E-state index contributed by atoms with van der Waals surface area (Å²) in [5.41, 5.74) is 0. The van der Waals surface area contributed by atoms with E-state index in [4.69, 9.17) is 9.47 Å². The smallest absolute Gasteiger partial charge is 0.239 e. The molecule has 6 heteroatoms. The average Bonchev–Trinajstić information content (AvgIpc) is 2.93. The largest absolute Gasteiger partial charge is 0.486 e. The normalized spacial score (nSPS) is 27.4. The number of amides is 1. The molecule has 2 N–H and O–H groups in total. The van der Waals surface area contributed by atoms with Crippen molar-refractivity contribution in [3.05, 3.63) is 24.3 Å². The van der Waals surface area contributed by atoms with E-state index in [0.717, 1.165) is 5.75 Å². The molecule has 1 aromatic carbocycles. The van der Waals surface area contributed by atoms with Gasteiger partial charge in [0.05, 0.1) is 18.7 Å².